The van der Waals surface area contributed by atoms with Crippen molar-refractivity contribution in [2.24, 2.45) is 0 Å². The second-order valence-electron chi connectivity index (χ2n) is 3.75. The number of rotatable bonds is 5. The summed E-state index contributed by atoms with van der Waals surface area (Å²) in [6, 6.07) is 0. The van der Waals surface area contributed by atoms with Crippen LogP contribution in [0.1, 0.15) is 39.0 Å². The summed E-state index contributed by atoms with van der Waals surface area (Å²) in [5.74, 6) is 0. The average molecular weight is 187 g/mol. The highest BCUT2D eigenvalue weighted by Gasteiger charge is 2.17. The number of ether oxygens (including phenoxy) is 1. The van der Waals surface area contributed by atoms with E-state index in [1.807, 2.05) is 0 Å². The first-order valence-corrected chi connectivity index (χ1v) is 5.38. The standard InChI is InChI=1S/C10H21NO2/c1-2-3-4-5-6-10-9-11(12)7-8-13-10/h10,12H,2-9H2,1H3. The second-order valence-corrected chi connectivity index (χ2v) is 3.75. The van der Waals surface area contributed by atoms with Gasteiger partial charge in [0.25, 0.3) is 0 Å². The zero-order valence-corrected chi connectivity index (χ0v) is 8.54. The fraction of sp³-hybridized carbons (Fsp3) is 1.00. The summed E-state index contributed by atoms with van der Waals surface area (Å²) in [5, 5.41) is 10.6. The van der Waals surface area contributed by atoms with Crippen molar-refractivity contribution in [3.05, 3.63) is 0 Å². The third-order valence-electron chi connectivity index (χ3n) is 2.50. The minimum absolute atomic E-state index is 0.260. The molecule has 0 aromatic carbocycles. The highest BCUT2D eigenvalue weighted by molar-refractivity contribution is 4.65. The van der Waals surface area contributed by atoms with Crippen LogP contribution in [-0.4, -0.2) is 36.1 Å². The zero-order valence-electron chi connectivity index (χ0n) is 8.54. The summed E-state index contributed by atoms with van der Waals surface area (Å²) >= 11 is 0. The lowest BCUT2D eigenvalue weighted by molar-refractivity contribution is -0.170. The molecule has 1 rings (SSSR count). The van der Waals surface area contributed by atoms with E-state index >= 15 is 0 Å². The normalized spacial score (nSPS) is 24.9. The fourth-order valence-electron chi connectivity index (χ4n) is 1.68. The average Bonchev–Trinajstić information content (AvgIpc) is 2.13. The molecule has 1 heterocycles. The first kappa shape index (κ1) is 11.0. The Morgan fingerprint density at radius 1 is 1.38 bits per heavy atom. The molecule has 0 aromatic rings. The lowest BCUT2D eigenvalue weighted by Gasteiger charge is -2.28. The van der Waals surface area contributed by atoms with Gasteiger partial charge in [0.15, 0.2) is 0 Å². The van der Waals surface area contributed by atoms with Crippen molar-refractivity contribution in [1.29, 1.82) is 0 Å². The second kappa shape index (κ2) is 6.35. The number of hydrogen-bond donors (Lipinski definition) is 1. The maximum absolute atomic E-state index is 9.24. The zero-order chi connectivity index (χ0) is 9.52. The third kappa shape index (κ3) is 4.60. The lowest BCUT2D eigenvalue weighted by Crippen LogP contribution is -2.40. The van der Waals surface area contributed by atoms with Crippen LogP contribution in [-0.2, 0) is 4.74 Å². The molecular weight excluding hydrogens is 166 g/mol. The Morgan fingerprint density at radius 3 is 2.92 bits per heavy atom. The molecule has 13 heavy (non-hydrogen) atoms. The van der Waals surface area contributed by atoms with Crippen molar-refractivity contribution in [1.82, 2.24) is 5.06 Å². The Morgan fingerprint density at radius 2 is 2.23 bits per heavy atom. The minimum Gasteiger partial charge on any atom is -0.375 e. The number of unbranched alkanes of at least 4 members (excludes halogenated alkanes) is 3. The quantitative estimate of drug-likeness (QED) is 0.669. The lowest BCUT2D eigenvalue weighted by atomic mass is 10.1. The first-order chi connectivity index (χ1) is 6.33. The van der Waals surface area contributed by atoms with E-state index in [9.17, 15) is 5.21 Å². The maximum atomic E-state index is 9.24. The maximum Gasteiger partial charge on any atom is 0.0725 e. The Balaban J connectivity index is 2.00. The van der Waals surface area contributed by atoms with Gasteiger partial charge in [-0.05, 0) is 6.42 Å². The Labute approximate surface area is 80.6 Å². The van der Waals surface area contributed by atoms with Gasteiger partial charge in [-0.1, -0.05) is 32.6 Å². The van der Waals surface area contributed by atoms with Crippen LogP contribution >= 0.6 is 0 Å². The molecule has 78 valence electrons. The molecule has 0 saturated carbocycles. The fourth-order valence-corrected chi connectivity index (χ4v) is 1.68. The number of hydrogen-bond acceptors (Lipinski definition) is 3. The third-order valence-corrected chi connectivity index (χ3v) is 2.50. The van der Waals surface area contributed by atoms with Crippen LogP contribution in [0, 0.1) is 0 Å². The van der Waals surface area contributed by atoms with Gasteiger partial charge in [0.05, 0.1) is 19.3 Å². The Kier molecular flexibility index (Phi) is 5.35. The van der Waals surface area contributed by atoms with E-state index in [0.29, 0.717) is 19.7 Å². The molecule has 0 aromatic heterocycles. The predicted molar refractivity (Wildman–Crippen MR) is 51.9 cm³/mol. The molecule has 3 nitrogen and oxygen atoms in total. The van der Waals surface area contributed by atoms with E-state index in [-0.39, 0.29) is 6.10 Å². The van der Waals surface area contributed by atoms with E-state index in [2.05, 4.69) is 6.92 Å². The SMILES string of the molecule is CCCCCCC1CN(O)CCO1. The van der Waals surface area contributed by atoms with Gasteiger partial charge in [0.1, 0.15) is 0 Å². The molecule has 1 N–H and O–H groups in total. The van der Waals surface area contributed by atoms with Crippen LogP contribution in [0.15, 0.2) is 0 Å². The van der Waals surface area contributed by atoms with Crippen molar-refractivity contribution in [2.75, 3.05) is 19.7 Å². The molecule has 0 aliphatic carbocycles. The molecule has 3 heteroatoms. The minimum atomic E-state index is 0.260. The van der Waals surface area contributed by atoms with Gasteiger partial charge in [-0.15, -0.1) is 0 Å². The Bertz CT molecular complexity index is 130. The van der Waals surface area contributed by atoms with Crippen molar-refractivity contribution < 1.29 is 9.94 Å². The molecule has 0 radical (unpaired) electrons. The molecule has 1 fully saturated rings. The molecule has 1 atom stereocenters. The summed E-state index contributed by atoms with van der Waals surface area (Å²) in [6.07, 6.45) is 6.47. The molecule has 0 bridgehead atoms. The topological polar surface area (TPSA) is 32.7 Å². The molecule has 1 saturated heterocycles. The summed E-state index contributed by atoms with van der Waals surface area (Å²) in [4.78, 5) is 0. The van der Waals surface area contributed by atoms with Gasteiger partial charge in [-0.25, -0.2) is 0 Å². The first-order valence-electron chi connectivity index (χ1n) is 5.38. The van der Waals surface area contributed by atoms with Crippen LogP contribution in [0.4, 0.5) is 0 Å². The number of morpholine rings is 1. The van der Waals surface area contributed by atoms with Gasteiger partial charge < -0.3 is 9.94 Å². The van der Waals surface area contributed by atoms with Crippen molar-refractivity contribution in [3.8, 4) is 0 Å². The van der Waals surface area contributed by atoms with Crippen molar-refractivity contribution in [3.63, 3.8) is 0 Å². The van der Waals surface area contributed by atoms with Crippen LogP contribution in [0.5, 0.6) is 0 Å². The van der Waals surface area contributed by atoms with Crippen LogP contribution < -0.4 is 0 Å². The van der Waals surface area contributed by atoms with E-state index in [1.54, 1.807) is 0 Å². The van der Waals surface area contributed by atoms with E-state index in [4.69, 9.17) is 4.74 Å². The van der Waals surface area contributed by atoms with Gasteiger partial charge in [-0.3, -0.25) is 0 Å². The number of nitrogens with zero attached hydrogens (tertiary/aromatic N) is 1. The predicted octanol–water partition coefficient (Wildman–Crippen LogP) is 2.05. The molecular formula is C10H21NO2. The van der Waals surface area contributed by atoms with Gasteiger partial charge in [-0.2, -0.15) is 5.06 Å². The van der Waals surface area contributed by atoms with E-state index < -0.39 is 0 Å². The van der Waals surface area contributed by atoms with Gasteiger partial charge in [0, 0.05) is 6.54 Å². The number of hydroxylamine groups is 2. The molecule has 0 spiro atoms. The monoisotopic (exact) mass is 187 g/mol. The highest BCUT2D eigenvalue weighted by atomic mass is 16.5. The summed E-state index contributed by atoms with van der Waals surface area (Å²) in [6.45, 7) is 4.24. The van der Waals surface area contributed by atoms with E-state index in [0.717, 1.165) is 6.42 Å². The van der Waals surface area contributed by atoms with Crippen molar-refractivity contribution >= 4 is 0 Å². The van der Waals surface area contributed by atoms with Crippen LogP contribution in [0.3, 0.4) is 0 Å². The van der Waals surface area contributed by atoms with E-state index in [1.165, 1.54) is 30.7 Å². The smallest absolute Gasteiger partial charge is 0.0725 e. The molecule has 1 aliphatic heterocycles. The highest BCUT2D eigenvalue weighted by Crippen LogP contribution is 2.11. The molecule has 1 unspecified atom stereocenters. The van der Waals surface area contributed by atoms with Crippen LogP contribution in [0.2, 0.25) is 0 Å². The molecule has 1 aliphatic rings. The summed E-state index contributed by atoms with van der Waals surface area (Å²) < 4.78 is 5.53. The van der Waals surface area contributed by atoms with Crippen molar-refractivity contribution in [2.45, 2.75) is 45.1 Å². The molecule has 0 amide bonds. The van der Waals surface area contributed by atoms with Gasteiger partial charge in [0.2, 0.25) is 0 Å². The largest absolute Gasteiger partial charge is 0.375 e. The summed E-state index contributed by atoms with van der Waals surface area (Å²) in [7, 11) is 0. The summed E-state index contributed by atoms with van der Waals surface area (Å²) in [5.41, 5.74) is 0. The Hall–Kier alpha value is -0.120. The van der Waals surface area contributed by atoms with Gasteiger partial charge >= 0.3 is 0 Å². The van der Waals surface area contributed by atoms with Crippen LogP contribution in [0.25, 0.3) is 0 Å².